The van der Waals surface area contributed by atoms with E-state index in [1.165, 1.54) is 37.2 Å². The molecule has 1 aromatic carbocycles. The molecule has 0 unspecified atom stereocenters. The minimum absolute atomic E-state index is 0. The first-order valence-corrected chi connectivity index (χ1v) is 9.08. The average molecular weight is 460 g/mol. The van der Waals surface area contributed by atoms with Gasteiger partial charge in [0, 0.05) is 39.0 Å². The zero-order valence-corrected chi connectivity index (χ0v) is 18.1. The van der Waals surface area contributed by atoms with Gasteiger partial charge in [0.05, 0.1) is 13.2 Å². The summed E-state index contributed by atoms with van der Waals surface area (Å²) in [6.45, 7) is 9.73. The van der Waals surface area contributed by atoms with Crippen molar-refractivity contribution in [3.05, 3.63) is 29.8 Å². The second-order valence-electron chi connectivity index (χ2n) is 6.45. The molecule has 0 aromatic heterocycles. The first-order chi connectivity index (χ1) is 11.7. The fraction of sp³-hybridized carbons (Fsp3) is 0.632. The number of benzene rings is 1. The molecule has 2 rings (SSSR count). The highest BCUT2D eigenvalue weighted by atomic mass is 127. The molecule has 0 radical (unpaired) electrons. The summed E-state index contributed by atoms with van der Waals surface area (Å²) in [5, 5.41) is 6.52. The number of hydrogen-bond donors (Lipinski definition) is 2. The van der Waals surface area contributed by atoms with Crippen molar-refractivity contribution in [3.8, 4) is 0 Å². The smallest absolute Gasteiger partial charge is 0.191 e. The number of guanidine groups is 1. The Bertz CT molecular complexity index is 499. The van der Waals surface area contributed by atoms with E-state index in [0.717, 1.165) is 25.0 Å². The van der Waals surface area contributed by atoms with Gasteiger partial charge in [-0.05, 0) is 43.4 Å². The molecule has 142 valence electrons. The summed E-state index contributed by atoms with van der Waals surface area (Å²) in [4.78, 5) is 7.12. The SMILES string of the molecule is CCNC(=NCc1ccc(N2CCC(C)CC2)cc1)NCCOC.I. The lowest BCUT2D eigenvalue weighted by Gasteiger charge is -2.32. The highest BCUT2D eigenvalue weighted by Gasteiger charge is 2.15. The fourth-order valence-corrected chi connectivity index (χ4v) is 2.86. The molecular weight excluding hydrogens is 427 g/mol. The molecule has 1 aromatic rings. The van der Waals surface area contributed by atoms with Crippen LogP contribution < -0.4 is 15.5 Å². The first kappa shape index (κ1) is 22.0. The Morgan fingerprint density at radius 1 is 1.20 bits per heavy atom. The van der Waals surface area contributed by atoms with Gasteiger partial charge in [-0.25, -0.2) is 4.99 Å². The van der Waals surface area contributed by atoms with E-state index in [4.69, 9.17) is 4.74 Å². The molecule has 2 N–H and O–H groups in total. The summed E-state index contributed by atoms with van der Waals surface area (Å²) in [6, 6.07) is 8.84. The third kappa shape index (κ3) is 7.81. The standard InChI is InChI=1S/C19H32N4O.HI/c1-4-20-19(21-11-14-24-3)22-15-17-5-7-18(8-6-17)23-12-9-16(2)10-13-23;/h5-8,16H,4,9-15H2,1-3H3,(H2,20,21,22);1H. The molecule has 1 saturated heterocycles. The van der Waals surface area contributed by atoms with Gasteiger partial charge in [-0.2, -0.15) is 0 Å². The maximum atomic E-state index is 5.06. The largest absolute Gasteiger partial charge is 0.383 e. The quantitative estimate of drug-likeness (QED) is 0.284. The lowest BCUT2D eigenvalue weighted by Crippen LogP contribution is -2.38. The van der Waals surface area contributed by atoms with Crippen molar-refractivity contribution in [1.82, 2.24) is 10.6 Å². The van der Waals surface area contributed by atoms with E-state index >= 15 is 0 Å². The van der Waals surface area contributed by atoms with Crippen LogP contribution in [0.15, 0.2) is 29.3 Å². The van der Waals surface area contributed by atoms with Crippen molar-refractivity contribution in [1.29, 1.82) is 0 Å². The van der Waals surface area contributed by atoms with Gasteiger partial charge in [0.15, 0.2) is 5.96 Å². The molecule has 0 amide bonds. The van der Waals surface area contributed by atoms with Crippen LogP contribution in [-0.4, -0.2) is 45.9 Å². The number of nitrogens with zero attached hydrogens (tertiary/aromatic N) is 2. The monoisotopic (exact) mass is 460 g/mol. The lowest BCUT2D eigenvalue weighted by molar-refractivity contribution is 0.203. The summed E-state index contributed by atoms with van der Waals surface area (Å²) in [7, 11) is 1.70. The Kier molecular flexibility index (Phi) is 10.9. The van der Waals surface area contributed by atoms with E-state index in [-0.39, 0.29) is 24.0 Å². The molecule has 1 aliphatic heterocycles. The van der Waals surface area contributed by atoms with E-state index in [2.05, 4.69) is 58.6 Å². The lowest BCUT2D eigenvalue weighted by atomic mass is 9.99. The Balaban J connectivity index is 0.00000312. The number of aliphatic imine (C=N–C) groups is 1. The fourth-order valence-electron chi connectivity index (χ4n) is 2.86. The maximum Gasteiger partial charge on any atom is 0.191 e. The molecule has 1 aliphatic rings. The second-order valence-corrected chi connectivity index (χ2v) is 6.45. The van der Waals surface area contributed by atoms with Crippen molar-refractivity contribution < 1.29 is 4.74 Å². The Hall–Kier alpha value is -1.02. The van der Waals surface area contributed by atoms with Crippen molar-refractivity contribution in [2.24, 2.45) is 10.9 Å². The molecule has 5 nitrogen and oxygen atoms in total. The van der Waals surface area contributed by atoms with Crippen LogP contribution in [0.3, 0.4) is 0 Å². The summed E-state index contributed by atoms with van der Waals surface area (Å²) >= 11 is 0. The summed E-state index contributed by atoms with van der Waals surface area (Å²) in [6.07, 6.45) is 2.59. The van der Waals surface area contributed by atoms with Crippen LogP contribution in [-0.2, 0) is 11.3 Å². The van der Waals surface area contributed by atoms with Gasteiger partial charge in [-0.15, -0.1) is 24.0 Å². The third-order valence-corrected chi connectivity index (χ3v) is 4.45. The number of methoxy groups -OCH3 is 1. The van der Waals surface area contributed by atoms with Gasteiger partial charge in [0.2, 0.25) is 0 Å². The second kappa shape index (κ2) is 12.4. The number of nitrogens with one attached hydrogen (secondary N) is 2. The zero-order chi connectivity index (χ0) is 17.2. The molecule has 0 atom stereocenters. The predicted octanol–water partition coefficient (Wildman–Crippen LogP) is 3.24. The van der Waals surface area contributed by atoms with Gasteiger partial charge in [0.25, 0.3) is 0 Å². The highest BCUT2D eigenvalue weighted by molar-refractivity contribution is 14.0. The molecule has 6 heteroatoms. The summed E-state index contributed by atoms with van der Waals surface area (Å²) < 4.78 is 5.06. The van der Waals surface area contributed by atoms with Crippen LogP contribution in [0.1, 0.15) is 32.3 Å². The van der Waals surface area contributed by atoms with Crippen LogP contribution in [0, 0.1) is 5.92 Å². The molecule has 25 heavy (non-hydrogen) atoms. The molecule has 1 heterocycles. The maximum absolute atomic E-state index is 5.06. The van der Waals surface area contributed by atoms with E-state index in [9.17, 15) is 0 Å². The van der Waals surface area contributed by atoms with Crippen molar-refractivity contribution in [3.63, 3.8) is 0 Å². The Morgan fingerprint density at radius 2 is 1.88 bits per heavy atom. The molecule has 0 bridgehead atoms. The van der Waals surface area contributed by atoms with Crippen molar-refractivity contribution >= 4 is 35.6 Å². The predicted molar refractivity (Wildman–Crippen MR) is 117 cm³/mol. The number of anilines is 1. The Labute approximate surface area is 169 Å². The van der Waals surface area contributed by atoms with Crippen LogP contribution in [0.2, 0.25) is 0 Å². The summed E-state index contributed by atoms with van der Waals surface area (Å²) in [5.41, 5.74) is 2.56. The van der Waals surface area contributed by atoms with Crippen molar-refractivity contribution in [2.75, 3.05) is 44.8 Å². The van der Waals surface area contributed by atoms with Crippen LogP contribution in [0.4, 0.5) is 5.69 Å². The normalized spacial score (nSPS) is 15.6. The first-order valence-electron chi connectivity index (χ1n) is 9.08. The Morgan fingerprint density at radius 3 is 2.48 bits per heavy atom. The van der Waals surface area contributed by atoms with Gasteiger partial charge >= 0.3 is 0 Å². The van der Waals surface area contributed by atoms with Crippen LogP contribution >= 0.6 is 24.0 Å². The van der Waals surface area contributed by atoms with Crippen LogP contribution in [0.5, 0.6) is 0 Å². The highest BCUT2D eigenvalue weighted by Crippen LogP contribution is 2.23. The minimum Gasteiger partial charge on any atom is -0.383 e. The van der Waals surface area contributed by atoms with Crippen LogP contribution in [0.25, 0.3) is 0 Å². The van der Waals surface area contributed by atoms with Gasteiger partial charge in [0.1, 0.15) is 0 Å². The zero-order valence-electron chi connectivity index (χ0n) is 15.8. The molecular formula is C19H33IN4O. The summed E-state index contributed by atoms with van der Waals surface area (Å²) in [5.74, 6) is 1.70. The molecule has 0 spiro atoms. The number of halogens is 1. The van der Waals surface area contributed by atoms with Crippen molar-refractivity contribution in [2.45, 2.75) is 33.2 Å². The van der Waals surface area contributed by atoms with Gasteiger partial charge in [-0.3, -0.25) is 0 Å². The number of ether oxygens (including phenoxy) is 1. The number of rotatable bonds is 7. The number of piperidine rings is 1. The molecule has 0 saturated carbocycles. The van der Waals surface area contributed by atoms with Gasteiger partial charge < -0.3 is 20.3 Å². The average Bonchev–Trinajstić information content (AvgIpc) is 2.61. The topological polar surface area (TPSA) is 48.9 Å². The van der Waals surface area contributed by atoms with E-state index in [1.807, 2.05) is 0 Å². The minimum atomic E-state index is 0. The van der Waals surface area contributed by atoms with E-state index < -0.39 is 0 Å². The van der Waals surface area contributed by atoms with E-state index in [0.29, 0.717) is 13.2 Å². The van der Waals surface area contributed by atoms with E-state index in [1.54, 1.807) is 7.11 Å². The molecule has 0 aliphatic carbocycles. The number of hydrogen-bond acceptors (Lipinski definition) is 3. The molecule has 1 fully saturated rings. The van der Waals surface area contributed by atoms with Gasteiger partial charge in [-0.1, -0.05) is 19.1 Å². The third-order valence-electron chi connectivity index (χ3n) is 4.45.